The fourth-order valence-electron chi connectivity index (χ4n) is 1.66. The van der Waals surface area contributed by atoms with Crippen molar-refractivity contribution < 1.29 is 23.5 Å². The third kappa shape index (κ3) is 3.63. The molecule has 0 aliphatic rings. The summed E-state index contributed by atoms with van der Waals surface area (Å²) in [6.45, 7) is 0. The second-order valence-electron chi connectivity index (χ2n) is 4.11. The minimum Gasteiger partial charge on any atom is -0.478 e. The highest BCUT2D eigenvalue weighted by Crippen LogP contribution is 2.21. The number of aromatic carboxylic acids is 1. The van der Waals surface area contributed by atoms with E-state index < -0.39 is 29.1 Å². The van der Waals surface area contributed by atoms with Gasteiger partial charge in [-0.05, 0) is 36.4 Å². The molecule has 0 bridgehead atoms. The summed E-state index contributed by atoms with van der Waals surface area (Å²) in [4.78, 5) is 22.8. The van der Waals surface area contributed by atoms with Crippen LogP contribution in [-0.4, -0.2) is 17.0 Å². The van der Waals surface area contributed by atoms with Gasteiger partial charge < -0.3 is 10.4 Å². The number of carbonyl (C=O) groups is 2. The lowest BCUT2D eigenvalue weighted by Crippen LogP contribution is -2.14. The summed E-state index contributed by atoms with van der Waals surface area (Å²) in [5.74, 6) is -3.67. The monoisotopic (exact) mass is 355 g/mol. The van der Waals surface area contributed by atoms with Crippen LogP contribution in [0.4, 0.5) is 14.5 Å². The third-order valence-corrected chi connectivity index (χ3v) is 3.03. The van der Waals surface area contributed by atoms with E-state index >= 15 is 0 Å². The first-order valence-electron chi connectivity index (χ1n) is 5.67. The Morgan fingerprint density at radius 2 is 1.81 bits per heavy atom. The molecular weight excluding hydrogens is 348 g/mol. The van der Waals surface area contributed by atoms with Gasteiger partial charge in [-0.25, -0.2) is 13.6 Å². The number of hydrogen-bond donors (Lipinski definition) is 2. The van der Waals surface area contributed by atoms with Crippen molar-refractivity contribution in [2.45, 2.75) is 0 Å². The van der Waals surface area contributed by atoms with Crippen LogP contribution >= 0.6 is 15.9 Å². The summed E-state index contributed by atoms with van der Waals surface area (Å²) in [6, 6.07) is 6.51. The number of carboxylic acids is 1. The van der Waals surface area contributed by atoms with Gasteiger partial charge in [0, 0.05) is 10.2 Å². The van der Waals surface area contributed by atoms with Gasteiger partial charge in [0.2, 0.25) is 0 Å². The minimum atomic E-state index is -1.18. The zero-order chi connectivity index (χ0) is 15.6. The quantitative estimate of drug-likeness (QED) is 0.882. The molecule has 0 fully saturated rings. The topological polar surface area (TPSA) is 66.4 Å². The molecule has 2 N–H and O–H groups in total. The average molecular weight is 356 g/mol. The molecule has 108 valence electrons. The first-order chi connectivity index (χ1) is 9.86. The molecule has 0 aliphatic carbocycles. The smallest absolute Gasteiger partial charge is 0.335 e. The van der Waals surface area contributed by atoms with Gasteiger partial charge in [-0.1, -0.05) is 15.9 Å². The number of hydrogen-bond acceptors (Lipinski definition) is 2. The Labute approximate surface area is 126 Å². The summed E-state index contributed by atoms with van der Waals surface area (Å²) < 4.78 is 27.0. The molecule has 0 atom stereocenters. The number of nitrogens with one attached hydrogen (secondary N) is 1. The minimum absolute atomic E-state index is 0.0561. The molecule has 0 unspecified atom stereocenters. The molecular formula is C14H8BrF2NO3. The van der Waals surface area contributed by atoms with Crippen LogP contribution in [0.5, 0.6) is 0 Å². The van der Waals surface area contributed by atoms with Crippen LogP contribution in [0.3, 0.4) is 0 Å². The summed E-state index contributed by atoms with van der Waals surface area (Å²) >= 11 is 3.10. The van der Waals surface area contributed by atoms with Gasteiger partial charge in [0.05, 0.1) is 11.1 Å². The van der Waals surface area contributed by atoms with Gasteiger partial charge in [-0.15, -0.1) is 0 Å². The highest BCUT2D eigenvalue weighted by atomic mass is 79.9. The van der Waals surface area contributed by atoms with Crippen molar-refractivity contribution in [1.82, 2.24) is 0 Å². The van der Waals surface area contributed by atoms with Crippen LogP contribution in [0.25, 0.3) is 0 Å². The molecule has 2 rings (SSSR count). The Morgan fingerprint density at radius 3 is 2.48 bits per heavy atom. The molecule has 1 amide bonds. The lowest BCUT2D eigenvalue weighted by atomic mass is 10.1. The Bertz CT molecular complexity index is 734. The maximum Gasteiger partial charge on any atom is 0.335 e. The first kappa shape index (κ1) is 15.1. The second-order valence-corrected chi connectivity index (χ2v) is 5.03. The van der Waals surface area contributed by atoms with Gasteiger partial charge in [0.25, 0.3) is 5.91 Å². The molecule has 0 aromatic heterocycles. The molecule has 0 aliphatic heterocycles. The molecule has 4 nitrogen and oxygen atoms in total. The normalized spacial score (nSPS) is 10.2. The number of amides is 1. The zero-order valence-corrected chi connectivity index (χ0v) is 11.9. The predicted octanol–water partition coefficient (Wildman–Crippen LogP) is 3.68. The Morgan fingerprint density at radius 1 is 1.10 bits per heavy atom. The lowest BCUT2D eigenvalue weighted by molar-refractivity contribution is 0.0696. The molecule has 0 radical (unpaired) electrons. The van der Waals surface area contributed by atoms with Crippen LogP contribution in [0.2, 0.25) is 0 Å². The number of anilines is 1. The van der Waals surface area contributed by atoms with Crippen LogP contribution in [0.15, 0.2) is 40.9 Å². The highest BCUT2D eigenvalue weighted by molar-refractivity contribution is 9.10. The second kappa shape index (κ2) is 6.01. The van der Waals surface area contributed by atoms with E-state index in [4.69, 9.17) is 5.11 Å². The Balaban J connectivity index is 2.31. The van der Waals surface area contributed by atoms with E-state index in [-0.39, 0.29) is 11.3 Å². The predicted molar refractivity (Wildman–Crippen MR) is 75.4 cm³/mol. The molecule has 7 heteroatoms. The summed E-state index contributed by atoms with van der Waals surface area (Å²) in [7, 11) is 0. The van der Waals surface area contributed by atoms with E-state index in [1.54, 1.807) is 0 Å². The van der Waals surface area contributed by atoms with Crippen molar-refractivity contribution >= 4 is 33.5 Å². The Kier molecular flexibility index (Phi) is 4.32. The Hall–Kier alpha value is -2.28. The highest BCUT2D eigenvalue weighted by Gasteiger charge is 2.14. The fourth-order valence-corrected chi connectivity index (χ4v) is 2.15. The standard InChI is InChI=1S/C14H8BrF2NO3/c15-8-3-7(14(20)21)4-10(5-8)18-13(19)11-6-9(16)1-2-12(11)17/h1-6H,(H,18,19)(H,20,21). The van der Waals surface area contributed by atoms with Crippen molar-refractivity contribution in [3.8, 4) is 0 Å². The van der Waals surface area contributed by atoms with E-state index in [1.807, 2.05) is 0 Å². The number of halogens is 3. The maximum absolute atomic E-state index is 13.5. The maximum atomic E-state index is 13.5. The van der Waals surface area contributed by atoms with Crippen molar-refractivity contribution in [3.05, 3.63) is 63.6 Å². The van der Waals surface area contributed by atoms with E-state index in [9.17, 15) is 18.4 Å². The average Bonchev–Trinajstić information content (AvgIpc) is 2.40. The van der Waals surface area contributed by atoms with Crippen LogP contribution in [-0.2, 0) is 0 Å². The van der Waals surface area contributed by atoms with Crippen molar-refractivity contribution in [2.24, 2.45) is 0 Å². The summed E-state index contributed by atoms with van der Waals surface area (Å²) in [5, 5.41) is 11.2. The van der Waals surface area contributed by atoms with Gasteiger partial charge in [-0.2, -0.15) is 0 Å². The SMILES string of the molecule is O=C(O)c1cc(Br)cc(NC(=O)c2cc(F)ccc2F)c1. The van der Waals surface area contributed by atoms with Crippen molar-refractivity contribution in [3.63, 3.8) is 0 Å². The molecule has 0 saturated heterocycles. The lowest BCUT2D eigenvalue weighted by Gasteiger charge is -2.08. The number of rotatable bonds is 3. The summed E-state index contributed by atoms with van der Waals surface area (Å²) in [6.07, 6.45) is 0. The molecule has 2 aromatic rings. The van der Waals surface area contributed by atoms with Crippen LogP contribution in [0, 0.1) is 11.6 Å². The van der Waals surface area contributed by atoms with Gasteiger partial charge in [0.15, 0.2) is 0 Å². The molecule has 2 aromatic carbocycles. The van der Waals surface area contributed by atoms with Crippen molar-refractivity contribution in [1.29, 1.82) is 0 Å². The van der Waals surface area contributed by atoms with Crippen molar-refractivity contribution in [2.75, 3.05) is 5.32 Å². The number of carbonyl (C=O) groups excluding carboxylic acids is 1. The van der Waals surface area contributed by atoms with E-state index in [2.05, 4.69) is 21.2 Å². The van der Waals surface area contributed by atoms with Crippen LogP contribution in [0.1, 0.15) is 20.7 Å². The third-order valence-electron chi connectivity index (χ3n) is 2.58. The van der Waals surface area contributed by atoms with Gasteiger partial charge >= 0.3 is 5.97 Å². The molecule has 21 heavy (non-hydrogen) atoms. The molecule has 0 spiro atoms. The number of carboxylic acid groups (broad SMARTS) is 1. The number of benzene rings is 2. The van der Waals surface area contributed by atoms with Gasteiger partial charge in [-0.3, -0.25) is 4.79 Å². The van der Waals surface area contributed by atoms with Gasteiger partial charge in [0.1, 0.15) is 11.6 Å². The summed E-state index contributed by atoms with van der Waals surface area (Å²) in [5.41, 5.74) is -0.373. The largest absolute Gasteiger partial charge is 0.478 e. The van der Waals surface area contributed by atoms with E-state index in [0.29, 0.717) is 4.47 Å². The first-order valence-corrected chi connectivity index (χ1v) is 6.46. The van der Waals surface area contributed by atoms with E-state index in [0.717, 1.165) is 18.2 Å². The molecule has 0 heterocycles. The van der Waals surface area contributed by atoms with Crippen LogP contribution < -0.4 is 5.32 Å². The van der Waals surface area contributed by atoms with E-state index in [1.165, 1.54) is 18.2 Å². The molecule has 0 saturated carbocycles. The fraction of sp³-hybridized carbons (Fsp3) is 0. The zero-order valence-electron chi connectivity index (χ0n) is 10.4.